The normalized spacial score (nSPS) is 14.8. The molecule has 1 amide bonds. The van der Waals surface area contributed by atoms with Gasteiger partial charge in [0.05, 0.1) is 29.6 Å². The predicted octanol–water partition coefficient (Wildman–Crippen LogP) is 5.11. The molecule has 0 aliphatic carbocycles. The van der Waals surface area contributed by atoms with Gasteiger partial charge in [0.2, 0.25) is 5.91 Å². The number of amides is 1. The molecule has 0 bridgehead atoms. The van der Waals surface area contributed by atoms with Gasteiger partial charge in [-0.1, -0.05) is 41.0 Å². The van der Waals surface area contributed by atoms with Crippen molar-refractivity contribution >= 4 is 23.2 Å². The van der Waals surface area contributed by atoms with Crippen LogP contribution in [0.1, 0.15) is 42.0 Å². The van der Waals surface area contributed by atoms with Crippen LogP contribution in [-0.2, 0) is 4.79 Å². The summed E-state index contributed by atoms with van der Waals surface area (Å²) in [6.07, 6.45) is 3.80. The summed E-state index contributed by atoms with van der Waals surface area (Å²) >= 11 is 6.16. The standard InChI is InChI=1S/C25H22ClN5O2/c1-3-27-22(32)11-21-25-23(14(2)31-33-25)19-9-6-16(17-12-28-29-13-17)10-20(19)24(30-21)15-4-7-18(26)8-5-15/h4-10,12-13,21H,3,11H2,1-2H3,(H,27,32)(H,28,29)/t21-/m0/s1. The van der Waals surface area contributed by atoms with Crippen molar-refractivity contribution in [3.63, 3.8) is 0 Å². The Morgan fingerprint density at radius 1 is 1.12 bits per heavy atom. The van der Waals surface area contributed by atoms with Crippen molar-refractivity contribution in [2.75, 3.05) is 6.54 Å². The van der Waals surface area contributed by atoms with Crippen molar-refractivity contribution in [1.82, 2.24) is 20.7 Å². The zero-order valence-electron chi connectivity index (χ0n) is 18.2. The molecule has 4 aromatic rings. The fourth-order valence-corrected chi connectivity index (χ4v) is 4.32. The first-order chi connectivity index (χ1) is 16.0. The number of aliphatic imine (C=N–C) groups is 1. The molecular weight excluding hydrogens is 438 g/mol. The Morgan fingerprint density at radius 2 is 1.91 bits per heavy atom. The predicted molar refractivity (Wildman–Crippen MR) is 127 cm³/mol. The summed E-state index contributed by atoms with van der Waals surface area (Å²) < 4.78 is 5.75. The summed E-state index contributed by atoms with van der Waals surface area (Å²) in [4.78, 5) is 17.6. The van der Waals surface area contributed by atoms with E-state index in [1.54, 1.807) is 6.20 Å². The highest BCUT2D eigenvalue weighted by Gasteiger charge is 2.31. The second kappa shape index (κ2) is 8.67. The molecule has 0 spiro atoms. The number of fused-ring (bicyclic) bond motifs is 3. The van der Waals surface area contributed by atoms with Crippen LogP contribution in [0.15, 0.2) is 64.4 Å². The SMILES string of the molecule is CCNC(=O)C[C@@H]1N=C(c2ccc(Cl)cc2)c2cc(-c3cn[nH]c3)ccc2-c2c(C)noc21. The molecule has 1 atom stereocenters. The molecule has 0 unspecified atom stereocenters. The maximum absolute atomic E-state index is 12.5. The molecule has 166 valence electrons. The van der Waals surface area contributed by atoms with Crippen molar-refractivity contribution in [3.8, 4) is 22.3 Å². The molecule has 1 aliphatic rings. The first-order valence-electron chi connectivity index (χ1n) is 10.8. The van der Waals surface area contributed by atoms with E-state index in [2.05, 4.69) is 32.8 Å². The van der Waals surface area contributed by atoms with Gasteiger partial charge in [0.25, 0.3) is 0 Å². The molecule has 7 nitrogen and oxygen atoms in total. The molecule has 2 aromatic carbocycles. The Balaban J connectivity index is 1.75. The Bertz CT molecular complexity index is 1340. The topological polar surface area (TPSA) is 96.2 Å². The van der Waals surface area contributed by atoms with Gasteiger partial charge in [-0.25, -0.2) is 0 Å². The van der Waals surface area contributed by atoms with Crippen LogP contribution in [-0.4, -0.2) is 33.5 Å². The van der Waals surface area contributed by atoms with Gasteiger partial charge < -0.3 is 9.84 Å². The maximum Gasteiger partial charge on any atom is 0.222 e. The summed E-state index contributed by atoms with van der Waals surface area (Å²) in [5.74, 6) is 0.506. The average Bonchev–Trinajstić information content (AvgIpc) is 3.45. The van der Waals surface area contributed by atoms with E-state index in [-0.39, 0.29) is 12.3 Å². The lowest BCUT2D eigenvalue weighted by atomic mass is 9.90. The van der Waals surface area contributed by atoms with Gasteiger partial charge >= 0.3 is 0 Å². The van der Waals surface area contributed by atoms with Crippen LogP contribution < -0.4 is 5.32 Å². The third kappa shape index (κ3) is 3.96. The fraction of sp³-hybridized carbons (Fsp3) is 0.200. The van der Waals surface area contributed by atoms with Gasteiger partial charge in [-0.05, 0) is 43.2 Å². The minimum Gasteiger partial charge on any atom is -0.358 e. The molecule has 33 heavy (non-hydrogen) atoms. The van der Waals surface area contributed by atoms with Gasteiger partial charge in [-0.15, -0.1) is 0 Å². The van der Waals surface area contributed by atoms with E-state index >= 15 is 0 Å². The molecule has 0 fully saturated rings. The quantitative estimate of drug-likeness (QED) is 0.433. The van der Waals surface area contributed by atoms with E-state index in [0.29, 0.717) is 17.3 Å². The van der Waals surface area contributed by atoms with Crippen LogP contribution in [0.25, 0.3) is 22.3 Å². The van der Waals surface area contributed by atoms with Crippen LogP contribution in [0.2, 0.25) is 5.02 Å². The second-order valence-corrected chi connectivity index (χ2v) is 8.35. The van der Waals surface area contributed by atoms with E-state index in [4.69, 9.17) is 21.1 Å². The summed E-state index contributed by atoms with van der Waals surface area (Å²) in [6, 6.07) is 13.2. The lowest BCUT2D eigenvalue weighted by Crippen LogP contribution is -2.24. The number of aromatic nitrogens is 3. The fourth-order valence-electron chi connectivity index (χ4n) is 4.19. The minimum absolute atomic E-state index is 0.0910. The zero-order chi connectivity index (χ0) is 22.9. The van der Waals surface area contributed by atoms with Gasteiger partial charge in [-0.2, -0.15) is 5.10 Å². The first-order valence-corrected chi connectivity index (χ1v) is 11.1. The molecule has 2 N–H and O–H groups in total. The number of halogens is 1. The van der Waals surface area contributed by atoms with Crippen LogP contribution >= 0.6 is 11.6 Å². The summed E-state index contributed by atoms with van der Waals surface area (Å²) in [7, 11) is 0. The molecule has 8 heteroatoms. The number of nitrogens with zero attached hydrogens (tertiary/aromatic N) is 3. The Labute approximate surface area is 195 Å². The summed E-state index contributed by atoms with van der Waals surface area (Å²) in [5, 5.41) is 14.7. The highest BCUT2D eigenvalue weighted by atomic mass is 35.5. The van der Waals surface area contributed by atoms with Crippen molar-refractivity contribution in [3.05, 3.63) is 82.5 Å². The Hall–Kier alpha value is -3.71. The van der Waals surface area contributed by atoms with E-state index in [0.717, 1.165) is 44.8 Å². The molecule has 2 aromatic heterocycles. The first kappa shape index (κ1) is 21.2. The number of hydrogen-bond donors (Lipinski definition) is 2. The van der Waals surface area contributed by atoms with Crippen molar-refractivity contribution < 1.29 is 9.32 Å². The number of aryl methyl sites for hydroxylation is 1. The molecule has 0 radical (unpaired) electrons. The molecular formula is C25H22ClN5O2. The molecule has 5 rings (SSSR count). The Morgan fingerprint density at radius 3 is 2.64 bits per heavy atom. The number of hydrogen-bond acceptors (Lipinski definition) is 5. The lowest BCUT2D eigenvalue weighted by Gasteiger charge is -2.13. The van der Waals surface area contributed by atoms with E-state index in [9.17, 15) is 4.79 Å². The number of rotatable bonds is 5. The van der Waals surface area contributed by atoms with Crippen LogP contribution in [0.3, 0.4) is 0 Å². The highest BCUT2D eigenvalue weighted by Crippen LogP contribution is 2.42. The van der Waals surface area contributed by atoms with E-state index < -0.39 is 6.04 Å². The maximum atomic E-state index is 12.5. The Kier molecular flexibility index (Phi) is 5.56. The number of carbonyl (C=O) groups is 1. The summed E-state index contributed by atoms with van der Waals surface area (Å²) in [5.41, 5.74) is 7.18. The molecule has 0 saturated heterocycles. The molecule has 0 saturated carbocycles. The third-order valence-corrected chi connectivity index (χ3v) is 5.97. The van der Waals surface area contributed by atoms with Crippen LogP contribution in [0.5, 0.6) is 0 Å². The summed E-state index contributed by atoms with van der Waals surface area (Å²) in [6.45, 7) is 4.35. The van der Waals surface area contributed by atoms with Crippen molar-refractivity contribution in [1.29, 1.82) is 0 Å². The number of benzene rings is 2. The highest BCUT2D eigenvalue weighted by molar-refractivity contribution is 6.30. The second-order valence-electron chi connectivity index (χ2n) is 7.91. The lowest BCUT2D eigenvalue weighted by molar-refractivity contribution is -0.121. The smallest absolute Gasteiger partial charge is 0.222 e. The minimum atomic E-state index is -0.511. The van der Waals surface area contributed by atoms with Gasteiger partial charge in [0, 0.05) is 34.5 Å². The monoisotopic (exact) mass is 459 g/mol. The number of nitrogens with one attached hydrogen (secondary N) is 2. The van der Waals surface area contributed by atoms with Crippen molar-refractivity contribution in [2.24, 2.45) is 4.99 Å². The number of carbonyl (C=O) groups excluding carboxylic acids is 1. The third-order valence-electron chi connectivity index (χ3n) is 5.72. The van der Waals surface area contributed by atoms with Crippen LogP contribution in [0.4, 0.5) is 0 Å². The average molecular weight is 460 g/mol. The van der Waals surface area contributed by atoms with E-state index in [1.807, 2.05) is 50.4 Å². The molecule has 1 aliphatic heterocycles. The largest absolute Gasteiger partial charge is 0.358 e. The van der Waals surface area contributed by atoms with Gasteiger partial charge in [-0.3, -0.25) is 14.9 Å². The number of aromatic amines is 1. The van der Waals surface area contributed by atoms with Gasteiger partial charge in [0.15, 0.2) is 5.76 Å². The van der Waals surface area contributed by atoms with E-state index in [1.165, 1.54) is 0 Å². The van der Waals surface area contributed by atoms with Crippen molar-refractivity contribution in [2.45, 2.75) is 26.3 Å². The molecule has 3 heterocycles. The van der Waals surface area contributed by atoms with Crippen LogP contribution in [0, 0.1) is 6.92 Å². The van der Waals surface area contributed by atoms with Gasteiger partial charge in [0.1, 0.15) is 6.04 Å². The zero-order valence-corrected chi connectivity index (χ0v) is 19.0. The number of H-pyrrole nitrogens is 1.